The predicted octanol–water partition coefficient (Wildman–Crippen LogP) is 3.00. The van der Waals surface area contributed by atoms with Crippen LogP contribution in [-0.4, -0.2) is 17.2 Å². The Balaban J connectivity index is 2.50. The van der Waals surface area contributed by atoms with Crippen LogP contribution in [0.2, 0.25) is 5.02 Å². The van der Waals surface area contributed by atoms with Gasteiger partial charge in [-0.15, -0.1) is 0 Å². The number of aromatic nitrogens is 1. The number of ether oxygens (including phenoxy) is 1. The predicted molar refractivity (Wildman–Crippen MR) is 70.9 cm³/mol. The van der Waals surface area contributed by atoms with Crippen molar-refractivity contribution in [1.29, 1.82) is 0 Å². The van der Waals surface area contributed by atoms with Crippen LogP contribution in [0.15, 0.2) is 42.6 Å². The molecule has 0 aliphatic heterocycles. The van der Waals surface area contributed by atoms with Crippen molar-refractivity contribution in [2.24, 2.45) is 0 Å². The summed E-state index contributed by atoms with van der Waals surface area (Å²) in [6.45, 7) is 1.68. The fraction of sp³-hybridized carbons (Fsp3) is 0.214. The molecule has 0 fully saturated rings. The number of hydrogen-bond acceptors (Lipinski definition) is 3. The van der Waals surface area contributed by atoms with Crippen molar-refractivity contribution < 1.29 is 9.84 Å². The summed E-state index contributed by atoms with van der Waals surface area (Å²) in [5.74, 6) is 0.553. The first-order chi connectivity index (χ1) is 8.55. The van der Waals surface area contributed by atoms with E-state index in [1.807, 2.05) is 0 Å². The molecule has 3 nitrogen and oxygen atoms in total. The van der Waals surface area contributed by atoms with Gasteiger partial charge in [-0.05, 0) is 36.8 Å². The minimum absolute atomic E-state index is 0.481. The summed E-state index contributed by atoms with van der Waals surface area (Å²) in [7, 11) is 1.55. The van der Waals surface area contributed by atoms with Gasteiger partial charge in [0.05, 0.1) is 7.11 Å². The van der Waals surface area contributed by atoms with E-state index in [4.69, 9.17) is 16.3 Å². The zero-order chi connectivity index (χ0) is 13.2. The highest BCUT2D eigenvalue weighted by molar-refractivity contribution is 6.30. The number of halogens is 1. The van der Waals surface area contributed by atoms with Gasteiger partial charge in [-0.2, -0.15) is 0 Å². The molecule has 0 saturated heterocycles. The summed E-state index contributed by atoms with van der Waals surface area (Å²) in [6, 6.07) is 10.6. The van der Waals surface area contributed by atoms with Gasteiger partial charge in [0.1, 0.15) is 17.0 Å². The lowest BCUT2D eigenvalue weighted by Crippen LogP contribution is -2.25. The highest BCUT2D eigenvalue weighted by Crippen LogP contribution is 2.33. The van der Waals surface area contributed by atoms with Gasteiger partial charge >= 0.3 is 0 Å². The van der Waals surface area contributed by atoms with Crippen LogP contribution in [0.3, 0.4) is 0 Å². The van der Waals surface area contributed by atoms with Gasteiger partial charge in [-0.1, -0.05) is 23.7 Å². The lowest BCUT2D eigenvalue weighted by molar-refractivity contribution is 0.0939. The summed E-state index contributed by atoms with van der Waals surface area (Å²) >= 11 is 5.84. The molecule has 2 rings (SSSR count). The Labute approximate surface area is 111 Å². The van der Waals surface area contributed by atoms with Crippen molar-refractivity contribution in [1.82, 2.24) is 4.98 Å². The number of aliphatic hydroxyl groups is 1. The van der Waals surface area contributed by atoms with Crippen LogP contribution in [0.1, 0.15) is 18.2 Å². The van der Waals surface area contributed by atoms with Gasteiger partial charge < -0.3 is 9.84 Å². The zero-order valence-corrected chi connectivity index (χ0v) is 11.0. The Bertz CT molecular complexity index is 538. The minimum Gasteiger partial charge on any atom is -0.495 e. The Morgan fingerprint density at radius 1 is 1.22 bits per heavy atom. The monoisotopic (exact) mass is 263 g/mol. The Hall–Kier alpha value is -1.58. The second-order valence-electron chi connectivity index (χ2n) is 4.13. The van der Waals surface area contributed by atoms with Crippen molar-refractivity contribution in [2.45, 2.75) is 12.5 Å². The van der Waals surface area contributed by atoms with E-state index < -0.39 is 5.60 Å². The quantitative estimate of drug-likeness (QED) is 0.926. The van der Waals surface area contributed by atoms with Crippen molar-refractivity contribution in [3.05, 3.63) is 58.9 Å². The molecule has 1 atom stereocenters. The molecule has 1 unspecified atom stereocenters. The van der Waals surface area contributed by atoms with E-state index in [0.29, 0.717) is 22.0 Å². The highest BCUT2D eigenvalue weighted by Gasteiger charge is 2.30. The van der Waals surface area contributed by atoms with E-state index in [0.717, 1.165) is 0 Å². The highest BCUT2D eigenvalue weighted by atomic mass is 35.5. The SMILES string of the molecule is COc1cccnc1C(C)(O)c1ccc(Cl)cc1. The molecule has 1 heterocycles. The van der Waals surface area contributed by atoms with Crippen LogP contribution < -0.4 is 4.74 Å². The molecule has 4 heteroatoms. The molecule has 0 aliphatic rings. The molecular formula is C14H14ClNO2. The molecule has 1 N–H and O–H groups in total. The van der Waals surface area contributed by atoms with E-state index in [-0.39, 0.29) is 0 Å². The second-order valence-corrected chi connectivity index (χ2v) is 4.57. The summed E-state index contributed by atoms with van der Waals surface area (Å²) in [5.41, 5.74) is -0.0317. The number of methoxy groups -OCH3 is 1. The molecule has 0 radical (unpaired) electrons. The average Bonchev–Trinajstić information content (AvgIpc) is 2.39. The van der Waals surface area contributed by atoms with Gasteiger partial charge in [0.2, 0.25) is 0 Å². The summed E-state index contributed by atoms with van der Waals surface area (Å²) < 4.78 is 5.23. The molecule has 0 bridgehead atoms. The van der Waals surface area contributed by atoms with E-state index in [1.54, 1.807) is 56.6 Å². The maximum absolute atomic E-state index is 10.7. The van der Waals surface area contributed by atoms with Gasteiger partial charge in [-0.3, -0.25) is 4.98 Å². The third-order valence-electron chi connectivity index (χ3n) is 2.86. The molecule has 18 heavy (non-hydrogen) atoms. The van der Waals surface area contributed by atoms with Crippen LogP contribution in [0.5, 0.6) is 5.75 Å². The van der Waals surface area contributed by atoms with E-state index in [2.05, 4.69) is 4.98 Å². The lowest BCUT2D eigenvalue weighted by Gasteiger charge is -2.25. The normalized spacial score (nSPS) is 14.0. The van der Waals surface area contributed by atoms with Crippen molar-refractivity contribution in [3.8, 4) is 5.75 Å². The number of benzene rings is 1. The second kappa shape index (κ2) is 4.96. The third kappa shape index (κ3) is 2.33. The standard InChI is InChI=1S/C14H14ClNO2/c1-14(17,10-5-7-11(15)8-6-10)13-12(18-2)4-3-9-16-13/h3-9,17H,1-2H3. The molecule has 2 aromatic rings. The minimum atomic E-state index is -1.23. The molecule has 1 aromatic heterocycles. The Morgan fingerprint density at radius 3 is 2.50 bits per heavy atom. The van der Waals surface area contributed by atoms with Crippen molar-refractivity contribution in [2.75, 3.05) is 7.11 Å². The van der Waals surface area contributed by atoms with Gasteiger partial charge in [-0.25, -0.2) is 0 Å². The Morgan fingerprint density at radius 2 is 1.89 bits per heavy atom. The van der Waals surface area contributed by atoms with Gasteiger partial charge in [0.15, 0.2) is 0 Å². The van der Waals surface area contributed by atoms with E-state index >= 15 is 0 Å². The summed E-state index contributed by atoms with van der Waals surface area (Å²) in [4.78, 5) is 4.21. The fourth-order valence-electron chi connectivity index (χ4n) is 1.83. The van der Waals surface area contributed by atoms with Crippen molar-refractivity contribution >= 4 is 11.6 Å². The maximum Gasteiger partial charge on any atom is 0.143 e. The third-order valence-corrected chi connectivity index (χ3v) is 3.11. The largest absolute Gasteiger partial charge is 0.495 e. The Kier molecular flexibility index (Phi) is 3.55. The fourth-order valence-corrected chi connectivity index (χ4v) is 1.96. The maximum atomic E-state index is 10.7. The van der Waals surface area contributed by atoms with E-state index in [9.17, 15) is 5.11 Å². The first-order valence-corrected chi connectivity index (χ1v) is 5.91. The molecule has 0 aliphatic carbocycles. The van der Waals surface area contributed by atoms with Crippen LogP contribution >= 0.6 is 11.6 Å². The van der Waals surface area contributed by atoms with Gasteiger partial charge in [0.25, 0.3) is 0 Å². The zero-order valence-electron chi connectivity index (χ0n) is 10.2. The molecule has 0 saturated carbocycles. The first-order valence-electron chi connectivity index (χ1n) is 5.53. The molecule has 1 aromatic carbocycles. The van der Waals surface area contributed by atoms with E-state index in [1.165, 1.54) is 0 Å². The van der Waals surface area contributed by atoms with Crippen LogP contribution in [0.25, 0.3) is 0 Å². The lowest BCUT2D eigenvalue weighted by atomic mass is 9.91. The number of hydrogen-bond donors (Lipinski definition) is 1. The van der Waals surface area contributed by atoms with Crippen LogP contribution in [-0.2, 0) is 5.60 Å². The molecular weight excluding hydrogens is 250 g/mol. The van der Waals surface area contributed by atoms with Crippen LogP contribution in [0, 0.1) is 0 Å². The number of rotatable bonds is 3. The van der Waals surface area contributed by atoms with Gasteiger partial charge in [0, 0.05) is 11.2 Å². The van der Waals surface area contributed by atoms with Crippen LogP contribution in [0.4, 0.5) is 0 Å². The number of pyridine rings is 1. The average molecular weight is 264 g/mol. The molecule has 94 valence electrons. The summed E-state index contributed by atoms with van der Waals surface area (Å²) in [6.07, 6.45) is 1.63. The first kappa shape index (κ1) is 12.9. The van der Waals surface area contributed by atoms with Crippen molar-refractivity contribution in [3.63, 3.8) is 0 Å². The topological polar surface area (TPSA) is 42.4 Å². The number of nitrogens with zero attached hydrogens (tertiary/aromatic N) is 1. The molecule has 0 spiro atoms. The smallest absolute Gasteiger partial charge is 0.143 e. The summed E-state index contributed by atoms with van der Waals surface area (Å²) in [5, 5.41) is 11.3. The molecule has 0 amide bonds.